The van der Waals surface area contributed by atoms with Gasteiger partial charge in [-0.2, -0.15) is 10.2 Å². The van der Waals surface area contributed by atoms with Crippen LogP contribution in [0.5, 0.6) is 0 Å². The van der Waals surface area contributed by atoms with E-state index in [2.05, 4.69) is 20.8 Å². The summed E-state index contributed by atoms with van der Waals surface area (Å²) in [5, 5.41) is 14.3. The number of carbonyl (C=O) groups excluding carboxylic acids is 2. The van der Waals surface area contributed by atoms with E-state index in [0.29, 0.717) is 12.4 Å². The van der Waals surface area contributed by atoms with E-state index in [1.165, 1.54) is 4.68 Å². The standard InChI is InChI=1S/C21H26N6O2/c1-15-12-16(2)27(24-15)11-7-10-22-21(29)18-14-19(26(3)25-18)23-20(28)13-17-8-5-4-6-9-17/h4-6,8-9,12,14H,7,10-11,13H2,1-3H3,(H,22,29)(H,23,28). The van der Waals surface area contributed by atoms with Crippen LogP contribution < -0.4 is 10.6 Å². The third-order valence-corrected chi connectivity index (χ3v) is 4.52. The first-order valence-electron chi connectivity index (χ1n) is 9.59. The zero-order valence-electron chi connectivity index (χ0n) is 17.0. The average molecular weight is 394 g/mol. The number of aryl methyl sites for hydroxylation is 4. The summed E-state index contributed by atoms with van der Waals surface area (Å²) >= 11 is 0. The van der Waals surface area contributed by atoms with Gasteiger partial charge in [0.2, 0.25) is 5.91 Å². The highest BCUT2D eigenvalue weighted by atomic mass is 16.2. The molecule has 0 saturated carbocycles. The molecule has 2 N–H and O–H groups in total. The van der Waals surface area contributed by atoms with Gasteiger partial charge in [0, 0.05) is 31.9 Å². The van der Waals surface area contributed by atoms with Gasteiger partial charge in [-0.05, 0) is 31.9 Å². The molecule has 29 heavy (non-hydrogen) atoms. The first-order chi connectivity index (χ1) is 13.9. The van der Waals surface area contributed by atoms with Crippen LogP contribution in [0.4, 0.5) is 5.82 Å². The van der Waals surface area contributed by atoms with Gasteiger partial charge < -0.3 is 10.6 Å². The first kappa shape index (κ1) is 20.3. The second-order valence-electron chi connectivity index (χ2n) is 7.01. The Balaban J connectivity index is 1.49. The fourth-order valence-corrected chi connectivity index (χ4v) is 3.09. The van der Waals surface area contributed by atoms with Crippen LogP contribution >= 0.6 is 0 Å². The number of amides is 2. The molecule has 0 bridgehead atoms. The van der Waals surface area contributed by atoms with Gasteiger partial charge in [-0.15, -0.1) is 0 Å². The van der Waals surface area contributed by atoms with Crippen molar-refractivity contribution in [2.45, 2.75) is 33.2 Å². The molecular formula is C21H26N6O2. The normalized spacial score (nSPS) is 10.7. The number of hydrogen-bond donors (Lipinski definition) is 2. The molecule has 0 spiro atoms. The zero-order valence-corrected chi connectivity index (χ0v) is 17.0. The van der Waals surface area contributed by atoms with Crippen LogP contribution in [0.1, 0.15) is 33.9 Å². The van der Waals surface area contributed by atoms with Crippen LogP contribution in [0.2, 0.25) is 0 Å². The third kappa shape index (κ3) is 5.54. The lowest BCUT2D eigenvalue weighted by Gasteiger charge is -2.05. The molecule has 3 aromatic rings. The minimum absolute atomic E-state index is 0.156. The number of carbonyl (C=O) groups is 2. The minimum atomic E-state index is -0.266. The topological polar surface area (TPSA) is 93.8 Å². The smallest absolute Gasteiger partial charge is 0.271 e. The van der Waals surface area contributed by atoms with Crippen LogP contribution in [-0.4, -0.2) is 37.9 Å². The van der Waals surface area contributed by atoms with E-state index < -0.39 is 0 Å². The van der Waals surface area contributed by atoms with E-state index in [1.807, 2.05) is 54.9 Å². The lowest BCUT2D eigenvalue weighted by Crippen LogP contribution is -2.26. The van der Waals surface area contributed by atoms with Gasteiger partial charge in [0.25, 0.3) is 5.91 Å². The van der Waals surface area contributed by atoms with E-state index in [0.717, 1.165) is 29.9 Å². The predicted octanol–water partition coefficient (Wildman–Crippen LogP) is 2.23. The predicted molar refractivity (Wildman–Crippen MR) is 111 cm³/mol. The monoisotopic (exact) mass is 394 g/mol. The Kier molecular flexibility index (Phi) is 6.43. The Labute approximate surface area is 169 Å². The lowest BCUT2D eigenvalue weighted by molar-refractivity contribution is -0.115. The molecular weight excluding hydrogens is 368 g/mol. The second-order valence-corrected chi connectivity index (χ2v) is 7.01. The van der Waals surface area contributed by atoms with Crippen molar-refractivity contribution in [1.29, 1.82) is 0 Å². The quantitative estimate of drug-likeness (QED) is 0.573. The van der Waals surface area contributed by atoms with E-state index in [4.69, 9.17) is 0 Å². The van der Waals surface area contributed by atoms with Crippen LogP contribution in [0.3, 0.4) is 0 Å². The van der Waals surface area contributed by atoms with Gasteiger partial charge in [0.1, 0.15) is 5.82 Å². The molecule has 0 aliphatic rings. The van der Waals surface area contributed by atoms with Crippen molar-refractivity contribution in [2.24, 2.45) is 7.05 Å². The molecule has 2 heterocycles. The summed E-state index contributed by atoms with van der Waals surface area (Å²) in [6.45, 7) is 5.23. The van der Waals surface area contributed by atoms with Gasteiger partial charge in [-0.1, -0.05) is 30.3 Å². The molecule has 0 aliphatic heterocycles. The summed E-state index contributed by atoms with van der Waals surface area (Å²) in [6, 6.07) is 13.1. The second kappa shape index (κ2) is 9.18. The SMILES string of the molecule is Cc1cc(C)n(CCCNC(=O)c2cc(NC(=O)Cc3ccccc3)n(C)n2)n1. The molecule has 8 nitrogen and oxygen atoms in total. The average Bonchev–Trinajstić information content (AvgIpc) is 3.20. The Hall–Kier alpha value is -3.42. The molecule has 0 atom stereocenters. The zero-order chi connectivity index (χ0) is 20.8. The van der Waals surface area contributed by atoms with Gasteiger partial charge >= 0.3 is 0 Å². The van der Waals surface area contributed by atoms with E-state index in [-0.39, 0.29) is 23.9 Å². The summed E-state index contributed by atoms with van der Waals surface area (Å²) in [4.78, 5) is 24.6. The molecule has 3 rings (SSSR count). The molecule has 0 aliphatic carbocycles. The fourth-order valence-electron chi connectivity index (χ4n) is 3.09. The summed E-state index contributed by atoms with van der Waals surface area (Å²) < 4.78 is 3.43. The Bertz CT molecular complexity index is 990. The molecule has 8 heteroatoms. The van der Waals surface area contributed by atoms with Crippen molar-refractivity contribution in [3.05, 3.63) is 65.1 Å². The van der Waals surface area contributed by atoms with E-state index in [1.54, 1.807) is 13.1 Å². The van der Waals surface area contributed by atoms with Gasteiger partial charge in [0.05, 0.1) is 12.1 Å². The molecule has 1 aromatic carbocycles. The molecule has 0 fully saturated rings. The number of nitrogens with zero attached hydrogens (tertiary/aromatic N) is 4. The van der Waals surface area contributed by atoms with Crippen LogP contribution in [0, 0.1) is 13.8 Å². The highest BCUT2D eigenvalue weighted by molar-refractivity contribution is 5.95. The van der Waals surface area contributed by atoms with E-state index in [9.17, 15) is 9.59 Å². The van der Waals surface area contributed by atoms with Gasteiger partial charge in [-0.3, -0.25) is 19.0 Å². The van der Waals surface area contributed by atoms with Crippen molar-refractivity contribution in [2.75, 3.05) is 11.9 Å². The Morgan fingerprint density at radius 3 is 2.52 bits per heavy atom. The summed E-state index contributed by atoms with van der Waals surface area (Å²) in [6.07, 6.45) is 1.03. The number of aromatic nitrogens is 4. The summed E-state index contributed by atoms with van der Waals surface area (Å²) in [5.41, 5.74) is 3.29. The molecule has 2 amide bonds. The summed E-state index contributed by atoms with van der Waals surface area (Å²) in [7, 11) is 1.69. The lowest BCUT2D eigenvalue weighted by atomic mass is 10.1. The van der Waals surface area contributed by atoms with Crippen molar-refractivity contribution in [1.82, 2.24) is 24.9 Å². The number of nitrogens with one attached hydrogen (secondary N) is 2. The van der Waals surface area contributed by atoms with Crippen molar-refractivity contribution >= 4 is 17.6 Å². The molecule has 0 unspecified atom stereocenters. The number of benzene rings is 1. The Morgan fingerprint density at radius 1 is 1.07 bits per heavy atom. The highest BCUT2D eigenvalue weighted by Crippen LogP contribution is 2.10. The Morgan fingerprint density at radius 2 is 1.83 bits per heavy atom. The maximum Gasteiger partial charge on any atom is 0.271 e. The third-order valence-electron chi connectivity index (χ3n) is 4.52. The maximum atomic E-state index is 12.3. The van der Waals surface area contributed by atoms with Crippen molar-refractivity contribution in [3.63, 3.8) is 0 Å². The minimum Gasteiger partial charge on any atom is -0.351 e. The molecule has 0 saturated heterocycles. The molecule has 152 valence electrons. The van der Waals surface area contributed by atoms with Gasteiger partial charge in [0.15, 0.2) is 5.69 Å². The fraction of sp³-hybridized carbons (Fsp3) is 0.333. The van der Waals surface area contributed by atoms with Crippen LogP contribution in [-0.2, 0) is 24.8 Å². The highest BCUT2D eigenvalue weighted by Gasteiger charge is 2.14. The maximum absolute atomic E-state index is 12.3. The number of anilines is 1. The molecule has 0 radical (unpaired) electrons. The van der Waals surface area contributed by atoms with Crippen molar-refractivity contribution < 1.29 is 9.59 Å². The van der Waals surface area contributed by atoms with Crippen molar-refractivity contribution in [3.8, 4) is 0 Å². The summed E-state index contributed by atoms with van der Waals surface area (Å²) in [5.74, 6) is 0.0623. The number of rotatable bonds is 8. The van der Waals surface area contributed by atoms with E-state index >= 15 is 0 Å². The van der Waals surface area contributed by atoms with Gasteiger partial charge in [-0.25, -0.2) is 0 Å². The largest absolute Gasteiger partial charge is 0.351 e. The number of hydrogen-bond acceptors (Lipinski definition) is 4. The van der Waals surface area contributed by atoms with Crippen LogP contribution in [0.15, 0.2) is 42.5 Å². The first-order valence-corrected chi connectivity index (χ1v) is 9.59. The van der Waals surface area contributed by atoms with Crippen LogP contribution in [0.25, 0.3) is 0 Å². The molecule has 2 aromatic heterocycles.